The number of benzene rings is 1. The molecule has 1 atom stereocenters. The second kappa shape index (κ2) is 5.48. The second-order valence-electron chi connectivity index (χ2n) is 4.22. The first-order valence-corrected chi connectivity index (χ1v) is 6.89. The van der Waals surface area contributed by atoms with E-state index in [0.29, 0.717) is 6.04 Å². The van der Waals surface area contributed by atoms with Crippen molar-refractivity contribution in [2.24, 2.45) is 0 Å². The van der Waals surface area contributed by atoms with Crippen molar-refractivity contribution in [3.05, 3.63) is 57.3 Å². The van der Waals surface area contributed by atoms with E-state index in [0.717, 1.165) is 6.42 Å². The molecule has 0 saturated heterocycles. The Morgan fingerprint density at radius 3 is 2.53 bits per heavy atom. The number of hydrogen-bond donors (Lipinski definition) is 1. The van der Waals surface area contributed by atoms with Gasteiger partial charge in [0.1, 0.15) is 0 Å². The molecular weight excluding hydrogens is 226 g/mol. The average molecular weight is 245 g/mol. The lowest BCUT2D eigenvalue weighted by Gasteiger charge is -2.18. The van der Waals surface area contributed by atoms with Crippen LogP contribution in [0.4, 0.5) is 0 Å². The molecule has 1 heterocycles. The Morgan fingerprint density at radius 2 is 1.94 bits per heavy atom. The van der Waals surface area contributed by atoms with E-state index < -0.39 is 0 Å². The molecule has 0 aliphatic carbocycles. The standard InChI is InChI=1S/C15H19NS/c1-4-12-7-5-6-8-13(12)15(16-3)14-10-9-11(2)17-14/h5-10,15-16H,4H2,1-3H3. The molecule has 90 valence electrons. The van der Waals surface area contributed by atoms with E-state index in [9.17, 15) is 0 Å². The summed E-state index contributed by atoms with van der Waals surface area (Å²) in [6.07, 6.45) is 1.08. The Hall–Kier alpha value is -1.12. The molecule has 17 heavy (non-hydrogen) atoms. The van der Waals surface area contributed by atoms with Gasteiger partial charge in [-0.15, -0.1) is 11.3 Å². The summed E-state index contributed by atoms with van der Waals surface area (Å²) in [5.41, 5.74) is 2.83. The van der Waals surface area contributed by atoms with Crippen LogP contribution in [-0.2, 0) is 6.42 Å². The lowest BCUT2D eigenvalue weighted by atomic mass is 9.98. The molecule has 0 radical (unpaired) electrons. The highest BCUT2D eigenvalue weighted by molar-refractivity contribution is 7.12. The van der Waals surface area contributed by atoms with Crippen LogP contribution in [0.3, 0.4) is 0 Å². The molecule has 2 rings (SSSR count). The fourth-order valence-electron chi connectivity index (χ4n) is 2.20. The van der Waals surface area contributed by atoms with Gasteiger partial charge in [-0.2, -0.15) is 0 Å². The lowest BCUT2D eigenvalue weighted by Crippen LogP contribution is -2.17. The van der Waals surface area contributed by atoms with Gasteiger partial charge in [0, 0.05) is 9.75 Å². The van der Waals surface area contributed by atoms with Gasteiger partial charge in [0.2, 0.25) is 0 Å². The van der Waals surface area contributed by atoms with Crippen molar-refractivity contribution in [2.75, 3.05) is 7.05 Å². The summed E-state index contributed by atoms with van der Waals surface area (Å²) in [5.74, 6) is 0. The van der Waals surface area contributed by atoms with Gasteiger partial charge in [-0.1, -0.05) is 31.2 Å². The Labute approximate surface area is 108 Å². The quantitative estimate of drug-likeness (QED) is 0.860. The molecule has 0 amide bonds. The fourth-order valence-corrected chi connectivity index (χ4v) is 3.20. The molecule has 0 fully saturated rings. The molecule has 0 aliphatic rings. The van der Waals surface area contributed by atoms with Crippen LogP contribution in [0.5, 0.6) is 0 Å². The lowest BCUT2D eigenvalue weighted by molar-refractivity contribution is 0.696. The summed E-state index contributed by atoms with van der Waals surface area (Å²) >= 11 is 1.87. The minimum absolute atomic E-state index is 0.324. The van der Waals surface area contributed by atoms with Crippen LogP contribution in [-0.4, -0.2) is 7.05 Å². The van der Waals surface area contributed by atoms with Gasteiger partial charge in [0.25, 0.3) is 0 Å². The van der Waals surface area contributed by atoms with Crippen LogP contribution in [0.2, 0.25) is 0 Å². The highest BCUT2D eigenvalue weighted by atomic mass is 32.1. The van der Waals surface area contributed by atoms with Crippen LogP contribution >= 0.6 is 11.3 Å². The van der Waals surface area contributed by atoms with Crippen LogP contribution in [0, 0.1) is 6.92 Å². The molecule has 0 bridgehead atoms. The zero-order valence-electron chi connectivity index (χ0n) is 10.7. The van der Waals surface area contributed by atoms with E-state index in [1.54, 1.807) is 0 Å². The number of thiophene rings is 1. The summed E-state index contributed by atoms with van der Waals surface area (Å²) in [6, 6.07) is 13.4. The maximum absolute atomic E-state index is 3.43. The van der Waals surface area contributed by atoms with Crippen LogP contribution in [0.1, 0.15) is 33.8 Å². The highest BCUT2D eigenvalue weighted by Gasteiger charge is 2.15. The maximum Gasteiger partial charge on any atom is 0.0671 e. The first-order valence-electron chi connectivity index (χ1n) is 6.07. The van der Waals surface area contributed by atoms with Gasteiger partial charge in [-0.05, 0) is 43.7 Å². The summed E-state index contributed by atoms with van der Waals surface area (Å²) < 4.78 is 0. The van der Waals surface area contributed by atoms with Crippen LogP contribution in [0.25, 0.3) is 0 Å². The molecule has 0 aliphatic heterocycles. The van der Waals surface area contributed by atoms with Crippen molar-refractivity contribution in [3.8, 4) is 0 Å². The first kappa shape index (κ1) is 12.3. The summed E-state index contributed by atoms with van der Waals surface area (Å²) in [6.45, 7) is 4.37. The number of hydrogen-bond acceptors (Lipinski definition) is 2. The van der Waals surface area contributed by atoms with Crippen LogP contribution in [0.15, 0.2) is 36.4 Å². The number of rotatable bonds is 4. The Bertz CT molecular complexity index is 487. The fraction of sp³-hybridized carbons (Fsp3) is 0.333. The number of nitrogens with one attached hydrogen (secondary N) is 1. The zero-order valence-corrected chi connectivity index (χ0v) is 11.5. The maximum atomic E-state index is 3.43. The van der Waals surface area contributed by atoms with E-state index in [4.69, 9.17) is 0 Å². The van der Waals surface area contributed by atoms with Crippen molar-refractivity contribution >= 4 is 11.3 Å². The summed E-state index contributed by atoms with van der Waals surface area (Å²) in [5, 5.41) is 3.43. The van der Waals surface area contributed by atoms with E-state index in [1.165, 1.54) is 20.9 Å². The van der Waals surface area contributed by atoms with Gasteiger partial charge in [0.05, 0.1) is 6.04 Å². The highest BCUT2D eigenvalue weighted by Crippen LogP contribution is 2.30. The van der Waals surface area contributed by atoms with Gasteiger partial charge in [0.15, 0.2) is 0 Å². The molecule has 1 unspecified atom stereocenters. The van der Waals surface area contributed by atoms with Crippen molar-refractivity contribution in [2.45, 2.75) is 26.3 Å². The Kier molecular flexibility index (Phi) is 3.97. The molecular formula is C15H19NS. The predicted molar refractivity (Wildman–Crippen MR) is 75.8 cm³/mol. The average Bonchev–Trinajstić information content (AvgIpc) is 2.77. The van der Waals surface area contributed by atoms with Gasteiger partial charge >= 0.3 is 0 Å². The minimum atomic E-state index is 0.324. The molecule has 0 saturated carbocycles. The van der Waals surface area contributed by atoms with Crippen molar-refractivity contribution < 1.29 is 0 Å². The van der Waals surface area contributed by atoms with Crippen LogP contribution < -0.4 is 5.32 Å². The normalized spacial score (nSPS) is 12.6. The number of aryl methyl sites for hydroxylation is 2. The SMILES string of the molecule is CCc1ccccc1C(NC)c1ccc(C)s1. The van der Waals surface area contributed by atoms with Crippen molar-refractivity contribution in [1.82, 2.24) is 5.32 Å². The summed E-state index contributed by atoms with van der Waals surface area (Å²) in [7, 11) is 2.03. The topological polar surface area (TPSA) is 12.0 Å². The molecule has 2 aromatic rings. The van der Waals surface area contributed by atoms with E-state index in [1.807, 2.05) is 18.4 Å². The first-order chi connectivity index (χ1) is 8.26. The smallest absolute Gasteiger partial charge is 0.0671 e. The minimum Gasteiger partial charge on any atom is -0.309 e. The Balaban J connectivity index is 2.41. The molecule has 1 nitrogen and oxygen atoms in total. The third-order valence-corrected chi connectivity index (χ3v) is 4.15. The molecule has 0 spiro atoms. The van der Waals surface area contributed by atoms with E-state index in [-0.39, 0.29) is 0 Å². The zero-order chi connectivity index (χ0) is 12.3. The monoisotopic (exact) mass is 245 g/mol. The molecule has 1 N–H and O–H groups in total. The van der Waals surface area contributed by atoms with Crippen molar-refractivity contribution in [1.29, 1.82) is 0 Å². The summed E-state index contributed by atoms with van der Waals surface area (Å²) in [4.78, 5) is 2.76. The molecule has 2 heteroatoms. The predicted octanol–water partition coefficient (Wildman–Crippen LogP) is 3.93. The van der Waals surface area contributed by atoms with E-state index >= 15 is 0 Å². The third-order valence-electron chi connectivity index (χ3n) is 3.08. The third kappa shape index (κ3) is 2.59. The van der Waals surface area contributed by atoms with Gasteiger partial charge in [-0.25, -0.2) is 0 Å². The van der Waals surface area contributed by atoms with Gasteiger partial charge < -0.3 is 5.32 Å². The van der Waals surface area contributed by atoms with E-state index in [2.05, 4.69) is 55.6 Å². The van der Waals surface area contributed by atoms with Gasteiger partial charge in [-0.3, -0.25) is 0 Å². The Morgan fingerprint density at radius 1 is 1.18 bits per heavy atom. The largest absolute Gasteiger partial charge is 0.309 e. The second-order valence-corrected chi connectivity index (χ2v) is 5.54. The molecule has 1 aromatic heterocycles. The molecule has 1 aromatic carbocycles. The van der Waals surface area contributed by atoms with Crippen molar-refractivity contribution in [3.63, 3.8) is 0 Å².